The van der Waals surface area contributed by atoms with Crippen LogP contribution in [0.25, 0.3) is 0 Å². The van der Waals surface area contributed by atoms with E-state index < -0.39 is 0 Å². The molecule has 0 fully saturated rings. The van der Waals surface area contributed by atoms with Crippen molar-refractivity contribution in [1.29, 1.82) is 0 Å². The Morgan fingerprint density at radius 3 is 2.59 bits per heavy atom. The van der Waals surface area contributed by atoms with Crippen LogP contribution in [0.4, 0.5) is 0 Å². The molecule has 3 aromatic rings. The van der Waals surface area contributed by atoms with Crippen molar-refractivity contribution in [2.24, 2.45) is 5.10 Å². The molecule has 0 saturated carbocycles. The fourth-order valence-corrected chi connectivity index (χ4v) is 2.97. The van der Waals surface area contributed by atoms with E-state index in [4.69, 9.17) is 11.6 Å². The number of hydrazone groups is 1. The van der Waals surface area contributed by atoms with E-state index in [0.29, 0.717) is 22.6 Å². The van der Waals surface area contributed by atoms with Crippen molar-refractivity contribution in [2.45, 2.75) is 6.42 Å². The number of phenolic OH excluding ortho intramolecular Hbond substituents is 1. The molecule has 0 spiro atoms. The first-order valence-electron chi connectivity index (χ1n) is 8.17. The second kappa shape index (κ2) is 8.84. The summed E-state index contributed by atoms with van der Waals surface area (Å²) in [6, 6.07) is 19.8. The number of nitrogens with one attached hydrogen (secondary N) is 1. The molecule has 4 nitrogen and oxygen atoms in total. The summed E-state index contributed by atoms with van der Waals surface area (Å²) in [6.07, 6.45) is 2.05. The van der Waals surface area contributed by atoms with Gasteiger partial charge in [-0.15, -0.1) is 0 Å². The molecule has 0 aromatic heterocycles. The number of carbonyl (C=O) groups excluding carboxylic acids is 1. The molecule has 0 atom stereocenters. The molecule has 0 bridgehead atoms. The van der Waals surface area contributed by atoms with Gasteiger partial charge in [-0.2, -0.15) is 5.10 Å². The van der Waals surface area contributed by atoms with Gasteiger partial charge in [-0.1, -0.05) is 51.8 Å². The van der Waals surface area contributed by atoms with Crippen LogP contribution in [-0.2, 0) is 6.42 Å². The van der Waals surface area contributed by atoms with Gasteiger partial charge in [-0.25, -0.2) is 5.43 Å². The maximum Gasteiger partial charge on any atom is 0.271 e. The van der Waals surface area contributed by atoms with Crippen LogP contribution in [0.15, 0.2) is 76.3 Å². The highest BCUT2D eigenvalue weighted by atomic mass is 79.9. The maximum atomic E-state index is 12.1. The molecule has 27 heavy (non-hydrogen) atoms. The van der Waals surface area contributed by atoms with Gasteiger partial charge >= 0.3 is 0 Å². The van der Waals surface area contributed by atoms with E-state index in [1.54, 1.807) is 30.3 Å². The van der Waals surface area contributed by atoms with Crippen LogP contribution in [0.5, 0.6) is 5.75 Å². The predicted molar refractivity (Wildman–Crippen MR) is 112 cm³/mol. The number of phenols is 1. The predicted octanol–water partition coefficient (Wildman–Crippen LogP) is 5.16. The summed E-state index contributed by atoms with van der Waals surface area (Å²) in [5.74, 6) is -0.245. The number of benzene rings is 3. The van der Waals surface area contributed by atoms with Crippen molar-refractivity contribution in [1.82, 2.24) is 5.43 Å². The molecule has 3 aromatic carbocycles. The van der Waals surface area contributed by atoms with Gasteiger partial charge in [-0.3, -0.25) is 4.79 Å². The molecule has 136 valence electrons. The van der Waals surface area contributed by atoms with E-state index in [2.05, 4.69) is 26.5 Å². The monoisotopic (exact) mass is 442 g/mol. The van der Waals surface area contributed by atoms with E-state index in [1.165, 1.54) is 6.21 Å². The largest absolute Gasteiger partial charge is 0.507 e. The third-order valence-electron chi connectivity index (χ3n) is 3.92. The van der Waals surface area contributed by atoms with Crippen molar-refractivity contribution in [3.63, 3.8) is 0 Å². The second-order valence-corrected chi connectivity index (χ2v) is 7.19. The third kappa shape index (κ3) is 5.18. The third-order valence-corrected chi connectivity index (χ3v) is 4.82. The Kier molecular flexibility index (Phi) is 6.27. The van der Waals surface area contributed by atoms with Crippen molar-refractivity contribution >= 4 is 39.7 Å². The van der Waals surface area contributed by atoms with E-state index in [9.17, 15) is 9.90 Å². The van der Waals surface area contributed by atoms with Gasteiger partial charge < -0.3 is 5.11 Å². The number of amides is 1. The van der Waals surface area contributed by atoms with Crippen molar-refractivity contribution in [3.05, 3.63) is 98.5 Å². The van der Waals surface area contributed by atoms with Crippen LogP contribution >= 0.6 is 27.5 Å². The SMILES string of the molecule is O=C(N/N=C\c1cc(Cc2ccccc2Cl)ccc1O)c1ccc(Br)cc1. The molecule has 6 heteroatoms. The minimum atomic E-state index is -0.328. The van der Waals surface area contributed by atoms with Crippen molar-refractivity contribution in [3.8, 4) is 5.75 Å². The van der Waals surface area contributed by atoms with E-state index >= 15 is 0 Å². The fraction of sp³-hybridized carbons (Fsp3) is 0.0476. The highest BCUT2D eigenvalue weighted by Crippen LogP contribution is 2.22. The molecule has 3 rings (SSSR count). The summed E-state index contributed by atoms with van der Waals surface area (Å²) in [7, 11) is 0. The fourth-order valence-electron chi connectivity index (χ4n) is 2.51. The molecule has 1 amide bonds. The van der Waals surface area contributed by atoms with E-state index in [-0.39, 0.29) is 11.7 Å². The number of carbonyl (C=O) groups is 1. The zero-order chi connectivity index (χ0) is 19.2. The number of hydrogen-bond donors (Lipinski definition) is 2. The van der Waals surface area contributed by atoms with Gasteiger partial charge in [0.1, 0.15) is 5.75 Å². The average Bonchev–Trinajstić information content (AvgIpc) is 2.66. The molecule has 0 aliphatic rings. The van der Waals surface area contributed by atoms with Crippen LogP contribution in [0.3, 0.4) is 0 Å². The molecular formula is C21H16BrClN2O2. The minimum absolute atomic E-state index is 0.0829. The summed E-state index contributed by atoms with van der Waals surface area (Å²) in [5.41, 5.74) is 5.43. The summed E-state index contributed by atoms with van der Waals surface area (Å²) < 4.78 is 0.891. The Morgan fingerprint density at radius 2 is 1.85 bits per heavy atom. The van der Waals surface area contributed by atoms with Gasteiger partial charge in [0.15, 0.2) is 0 Å². The standard InChI is InChI=1S/C21H16BrClN2O2/c22-18-8-6-15(7-9-18)21(27)25-24-13-17-12-14(5-10-20(17)26)11-16-3-1-2-4-19(16)23/h1-10,12-13,26H,11H2,(H,25,27)/b24-13-. The van der Waals surface area contributed by atoms with Crippen LogP contribution < -0.4 is 5.43 Å². The topological polar surface area (TPSA) is 61.7 Å². The van der Waals surface area contributed by atoms with Crippen molar-refractivity contribution in [2.75, 3.05) is 0 Å². The van der Waals surface area contributed by atoms with Gasteiger partial charge in [0.2, 0.25) is 0 Å². The van der Waals surface area contributed by atoms with Gasteiger partial charge in [0, 0.05) is 20.6 Å². The first-order chi connectivity index (χ1) is 13.0. The molecular weight excluding hydrogens is 428 g/mol. The number of halogens is 2. The van der Waals surface area contributed by atoms with Crippen LogP contribution in [0.2, 0.25) is 5.02 Å². The molecule has 0 saturated heterocycles. The smallest absolute Gasteiger partial charge is 0.271 e. The summed E-state index contributed by atoms with van der Waals surface area (Å²) >= 11 is 9.53. The maximum absolute atomic E-state index is 12.1. The van der Waals surface area contributed by atoms with Crippen molar-refractivity contribution < 1.29 is 9.90 Å². The highest BCUT2D eigenvalue weighted by molar-refractivity contribution is 9.10. The molecule has 0 aliphatic carbocycles. The minimum Gasteiger partial charge on any atom is -0.507 e. The summed E-state index contributed by atoms with van der Waals surface area (Å²) in [4.78, 5) is 12.1. The number of hydrogen-bond acceptors (Lipinski definition) is 3. The Hall–Kier alpha value is -2.63. The molecule has 0 unspecified atom stereocenters. The Balaban J connectivity index is 1.70. The van der Waals surface area contributed by atoms with Gasteiger partial charge in [0.05, 0.1) is 6.21 Å². The average molecular weight is 444 g/mol. The lowest BCUT2D eigenvalue weighted by Gasteiger charge is -2.07. The Labute approximate surface area is 170 Å². The van der Waals surface area contributed by atoms with Crippen LogP contribution in [0, 0.1) is 0 Å². The lowest BCUT2D eigenvalue weighted by Crippen LogP contribution is -2.17. The summed E-state index contributed by atoms with van der Waals surface area (Å²) in [5, 5.41) is 14.7. The molecule has 2 N–H and O–H groups in total. The van der Waals surface area contributed by atoms with Gasteiger partial charge in [0.25, 0.3) is 5.91 Å². The van der Waals surface area contributed by atoms with E-state index in [1.807, 2.05) is 36.4 Å². The summed E-state index contributed by atoms with van der Waals surface area (Å²) in [6.45, 7) is 0. The zero-order valence-electron chi connectivity index (χ0n) is 14.2. The zero-order valence-corrected chi connectivity index (χ0v) is 16.5. The van der Waals surface area contributed by atoms with E-state index in [0.717, 1.165) is 15.6 Å². The Bertz CT molecular complexity index is 988. The Morgan fingerprint density at radius 1 is 1.11 bits per heavy atom. The van der Waals surface area contributed by atoms with Crippen LogP contribution in [0.1, 0.15) is 27.0 Å². The highest BCUT2D eigenvalue weighted by Gasteiger charge is 2.06. The van der Waals surface area contributed by atoms with Crippen LogP contribution in [-0.4, -0.2) is 17.2 Å². The molecule has 0 aliphatic heterocycles. The normalized spacial score (nSPS) is 10.9. The number of aromatic hydroxyl groups is 1. The molecule has 0 radical (unpaired) electrons. The molecule has 0 heterocycles. The lowest BCUT2D eigenvalue weighted by molar-refractivity contribution is 0.0955. The quantitative estimate of drug-likeness (QED) is 0.422. The second-order valence-electron chi connectivity index (χ2n) is 5.87. The first kappa shape index (κ1) is 19.1. The number of nitrogens with zero attached hydrogens (tertiary/aromatic N) is 1. The van der Waals surface area contributed by atoms with Gasteiger partial charge in [-0.05, 0) is 60.0 Å². The number of rotatable bonds is 5. The lowest BCUT2D eigenvalue weighted by atomic mass is 10.0. The first-order valence-corrected chi connectivity index (χ1v) is 9.34.